The first-order valence-corrected chi connectivity index (χ1v) is 10.3. The molecule has 0 saturated carbocycles. The summed E-state index contributed by atoms with van der Waals surface area (Å²) < 4.78 is 0. The van der Waals surface area contributed by atoms with Gasteiger partial charge in [-0.05, 0) is 54.4 Å². The van der Waals surface area contributed by atoms with Crippen LogP contribution in [0.15, 0.2) is 48.8 Å². The molecule has 0 fully saturated rings. The maximum atomic E-state index is 6.30. The number of H-pyrrole nitrogens is 2. The van der Waals surface area contributed by atoms with Crippen molar-refractivity contribution in [3.05, 3.63) is 64.9 Å². The van der Waals surface area contributed by atoms with Crippen molar-refractivity contribution in [1.29, 1.82) is 0 Å². The Labute approximate surface area is 178 Å². The monoisotopic (exact) mass is 416 g/mol. The molecule has 3 N–H and O–H groups in total. The van der Waals surface area contributed by atoms with Crippen molar-refractivity contribution >= 4 is 33.5 Å². The third-order valence-corrected chi connectivity index (χ3v) is 5.75. The summed E-state index contributed by atoms with van der Waals surface area (Å²) in [6, 6.07) is 12.0. The first-order chi connectivity index (χ1) is 14.7. The number of pyridine rings is 1. The van der Waals surface area contributed by atoms with Gasteiger partial charge in [0.05, 0.1) is 16.1 Å². The third kappa shape index (κ3) is 3.14. The Hall–Kier alpha value is -3.22. The minimum atomic E-state index is 0.620. The van der Waals surface area contributed by atoms with Gasteiger partial charge in [-0.3, -0.25) is 10.1 Å². The van der Waals surface area contributed by atoms with Crippen molar-refractivity contribution in [3.8, 4) is 22.6 Å². The second kappa shape index (κ2) is 7.55. The number of aromatic amines is 2. The molecule has 0 atom stereocenters. The molecular weight excluding hydrogens is 396 g/mol. The fourth-order valence-electron chi connectivity index (χ4n) is 3.77. The van der Waals surface area contributed by atoms with Gasteiger partial charge in [-0.1, -0.05) is 30.7 Å². The van der Waals surface area contributed by atoms with Gasteiger partial charge in [-0.2, -0.15) is 5.10 Å². The fourth-order valence-corrected chi connectivity index (χ4v) is 3.99. The largest absolute Gasteiger partial charge is 0.337 e. The van der Waals surface area contributed by atoms with Gasteiger partial charge in [0.1, 0.15) is 11.2 Å². The average molecular weight is 417 g/mol. The number of imidazole rings is 1. The SMILES string of the molecule is CCNCc1cncc(-c2ccc3[nH]nc(-c4nc5c(Cl)cccc5[nH]4)c3c2)c1C. The molecule has 7 heteroatoms. The van der Waals surface area contributed by atoms with Crippen LogP contribution in [0, 0.1) is 6.92 Å². The lowest BCUT2D eigenvalue weighted by atomic mass is 9.98. The summed E-state index contributed by atoms with van der Waals surface area (Å²) in [5.74, 6) is 0.692. The van der Waals surface area contributed by atoms with Crippen molar-refractivity contribution in [2.24, 2.45) is 0 Å². The van der Waals surface area contributed by atoms with Gasteiger partial charge < -0.3 is 10.3 Å². The van der Waals surface area contributed by atoms with E-state index in [0.717, 1.165) is 51.8 Å². The smallest absolute Gasteiger partial charge is 0.159 e. The number of nitrogens with one attached hydrogen (secondary N) is 3. The van der Waals surface area contributed by atoms with Crippen LogP contribution in [-0.4, -0.2) is 31.7 Å². The number of halogens is 1. The minimum absolute atomic E-state index is 0.620. The number of rotatable bonds is 5. The minimum Gasteiger partial charge on any atom is -0.337 e. The van der Waals surface area contributed by atoms with E-state index in [-0.39, 0.29) is 0 Å². The number of aromatic nitrogens is 5. The van der Waals surface area contributed by atoms with Crippen LogP contribution in [0.3, 0.4) is 0 Å². The Morgan fingerprint density at radius 2 is 2.00 bits per heavy atom. The van der Waals surface area contributed by atoms with Gasteiger partial charge in [-0.15, -0.1) is 0 Å². The second-order valence-corrected chi connectivity index (χ2v) is 7.71. The highest BCUT2D eigenvalue weighted by atomic mass is 35.5. The van der Waals surface area contributed by atoms with E-state index < -0.39 is 0 Å². The van der Waals surface area contributed by atoms with Gasteiger partial charge in [0, 0.05) is 29.9 Å². The number of hydrogen-bond donors (Lipinski definition) is 3. The van der Waals surface area contributed by atoms with Crippen LogP contribution in [0.4, 0.5) is 0 Å². The zero-order chi connectivity index (χ0) is 20.7. The zero-order valence-electron chi connectivity index (χ0n) is 16.8. The molecule has 3 heterocycles. The van der Waals surface area contributed by atoms with E-state index in [4.69, 9.17) is 11.6 Å². The summed E-state index contributed by atoms with van der Waals surface area (Å²) in [7, 11) is 0. The average Bonchev–Trinajstić information content (AvgIpc) is 3.37. The van der Waals surface area contributed by atoms with Crippen molar-refractivity contribution in [2.75, 3.05) is 6.54 Å². The van der Waals surface area contributed by atoms with Crippen LogP contribution in [0.5, 0.6) is 0 Å². The normalized spacial score (nSPS) is 11.6. The number of para-hydroxylation sites is 1. The molecule has 5 aromatic rings. The highest BCUT2D eigenvalue weighted by molar-refractivity contribution is 6.35. The molecule has 2 aromatic carbocycles. The molecule has 0 spiro atoms. The van der Waals surface area contributed by atoms with Crippen LogP contribution < -0.4 is 5.32 Å². The summed E-state index contributed by atoms with van der Waals surface area (Å²) in [4.78, 5) is 12.5. The van der Waals surface area contributed by atoms with Gasteiger partial charge in [0.25, 0.3) is 0 Å². The molecule has 0 unspecified atom stereocenters. The fraction of sp³-hybridized carbons (Fsp3) is 0.174. The van der Waals surface area contributed by atoms with E-state index in [0.29, 0.717) is 10.8 Å². The molecule has 5 rings (SSSR count). The second-order valence-electron chi connectivity index (χ2n) is 7.31. The topological polar surface area (TPSA) is 82.3 Å². The summed E-state index contributed by atoms with van der Waals surface area (Å²) in [6.45, 7) is 5.98. The molecule has 0 radical (unpaired) electrons. The molecule has 0 aliphatic carbocycles. The van der Waals surface area contributed by atoms with E-state index in [1.165, 1.54) is 11.1 Å². The number of hydrogen-bond acceptors (Lipinski definition) is 4. The number of fused-ring (bicyclic) bond motifs is 2. The highest BCUT2D eigenvalue weighted by Gasteiger charge is 2.15. The van der Waals surface area contributed by atoms with Gasteiger partial charge >= 0.3 is 0 Å². The maximum absolute atomic E-state index is 6.30. The molecule has 0 amide bonds. The van der Waals surface area contributed by atoms with Crippen LogP contribution >= 0.6 is 11.6 Å². The van der Waals surface area contributed by atoms with Crippen molar-refractivity contribution < 1.29 is 0 Å². The van der Waals surface area contributed by atoms with Crippen LogP contribution in [0.25, 0.3) is 44.6 Å². The quantitative estimate of drug-likeness (QED) is 0.366. The summed E-state index contributed by atoms with van der Waals surface area (Å²) in [5.41, 5.74) is 8.01. The van der Waals surface area contributed by atoms with E-state index in [9.17, 15) is 0 Å². The Morgan fingerprint density at radius 1 is 1.10 bits per heavy atom. The molecule has 0 saturated heterocycles. The zero-order valence-corrected chi connectivity index (χ0v) is 17.5. The van der Waals surface area contributed by atoms with Crippen LogP contribution in [0.1, 0.15) is 18.1 Å². The molecule has 150 valence electrons. The Bertz CT molecular complexity index is 1370. The first kappa shape index (κ1) is 18.8. The van der Waals surface area contributed by atoms with Crippen molar-refractivity contribution in [3.63, 3.8) is 0 Å². The standard InChI is InChI=1S/C23H21ClN6/c1-3-25-10-15-11-26-12-17(13(15)2)14-7-8-19-16(9-14)21(30-29-19)23-27-20-6-4-5-18(24)22(20)28-23/h4-9,11-12,25H,3,10H2,1-2H3,(H,27,28)(H,29,30). The molecule has 0 bridgehead atoms. The number of nitrogens with zero attached hydrogens (tertiary/aromatic N) is 3. The lowest BCUT2D eigenvalue weighted by Crippen LogP contribution is -2.13. The van der Waals surface area contributed by atoms with E-state index in [2.05, 4.69) is 56.4 Å². The lowest BCUT2D eigenvalue weighted by Gasteiger charge is -2.11. The van der Waals surface area contributed by atoms with Gasteiger partial charge in [0.2, 0.25) is 0 Å². The number of benzene rings is 2. The van der Waals surface area contributed by atoms with Gasteiger partial charge in [-0.25, -0.2) is 4.98 Å². The lowest BCUT2D eigenvalue weighted by molar-refractivity contribution is 0.721. The molecule has 30 heavy (non-hydrogen) atoms. The molecule has 6 nitrogen and oxygen atoms in total. The summed E-state index contributed by atoms with van der Waals surface area (Å²) in [5, 5.41) is 12.6. The Morgan fingerprint density at radius 3 is 2.83 bits per heavy atom. The summed E-state index contributed by atoms with van der Waals surface area (Å²) in [6.07, 6.45) is 3.86. The molecule has 0 aliphatic rings. The highest BCUT2D eigenvalue weighted by Crippen LogP contribution is 2.32. The Kier molecular flexibility index (Phi) is 4.73. The Balaban J connectivity index is 1.62. The van der Waals surface area contributed by atoms with Crippen molar-refractivity contribution in [1.82, 2.24) is 30.5 Å². The third-order valence-electron chi connectivity index (χ3n) is 5.45. The first-order valence-electron chi connectivity index (χ1n) is 9.93. The van der Waals surface area contributed by atoms with Crippen LogP contribution in [-0.2, 0) is 6.54 Å². The molecule has 3 aromatic heterocycles. The maximum Gasteiger partial charge on any atom is 0.159 e. The van der Waals surface area contributed by atoms with Crippen LogP contribution in [0.2, 0.25) is 5.02 Å². The van der Waals surface area contributed by atoms with E-state index in [1.54, 1.807) is 0 Å². The van der Waals surface area contributed by atoms with E-state index in [1.807, 2.05) is 36.7 Å². The molecular formula is C23H21ClN6. The van der Waals surface area contributed by atoms with Crippen molar-refractivity contribution in [2.45, 2.75) is 20.4 Å². The van der Waals surface area contributed by atoms with Gasteiger partial charge in [0.15, 0.2) is 5.82 Å². The predicted octanol–water partition coefficient (Wildman–Crippen LogP) is 5.24. The summed E-state index contributed by atoms with van der Waals surface area (Å²) >= 11 is 6.30. The molecule has 0 aliphatic heterocycles. The van der Waals surface area contributed by atoms with E-state index >= 15 is 0 Å². The predicted molar refractivity (Wildman–Crippen MR) is 122 cm³/mol.